The highest BCUT2D eigenvalue weighted by Crippen LogP contribution is 2.48. The Morgan fingerprint density at radius 3 is 2.37 bits per heavy atom. The van der Waals surface area contributed by atoms with Gasteiger partial charge in [-0.15, -0.1) is 0 Å². The number of sulfonamides is 1. The van der Waals surface area contributed by atoms with Crippen molar-refractivity contribution in [2.45, 2.75) is 24.4 Å². The van der Waals surface area contributed by atoms with E-state index in [9.17, 15) is 31.5 Å². The lowest BCUT2D eigenvalue weighted by molar-refractivity contribution is -0.137. The maximum atomic E-state index is 13.9. The Bertz CT molecular complexity index is 1560. The zero-order valence-corrected chi connectivity index (χ0v) is 24.6. The molecule has 0 unspecified atom stereocenters. The van der Waals surface area contributed by atoms with Crippen molar-refractivity contribution in [2.75, 3.05) is 11.1 Å². The van der Waals surface area contributed by atoms with E-state index in [2.05, 4.69) is 37.2 Å². The maximum Gasteiger partial charge on any atom is 0.418 e. The Kier molecular flexibility index (Phi) is 8.18. The van der Waals surface area contributed by atoms with Crippen molar-refractivity contribution in [3.63, 3.8) is 0 Å². The molecule has 0 aromatic heterocycles. The SMILES string of the molecule is CCc1cc(C2=C(C(=O)O)N(c3ccccc3C(F)(F)F)S(=O)(=O)c3ccccc32)cc2c1OCO2.II. The zero-order valence-electron chi connectivity index (χ0n) is 19.4. The number of fused-ring (bicyclic) bond motifs is 2. The number of carboxylic acid groups (broad SMARTS) is 1. The molecule has 1 N–H and O–H groups in total. The summed E-state index contributed by atoms with van der Waals surface area (Å²) in [6.07, 6.45) is -4.46. The number of carboxylic acids is 1. The van der Waals surface area contributed by atoms with Crippen LogP contribution in [0.4, 0.5) is 18.9 Å². The monoisotopic (exact) mass is 771 g/mol. The Morgan fingerprint density at radius 2 is 1.71 bits per heavy atom. The molecule has 7 nitrogen and oxygen atoms in total. The lowest BCUT2D eigenvalue weighted by Gasteiger charge is -2.34. The van der Waals surface area contributed by atoms with E-state index in [0.717, 1.165) is 12.1 Å². The van der Waals surface area contributed by atoms with Crippen molar-refractivity contribution in [3.05, 3.63) is 88.6 Å². The van der Waals surface area contributed by atoms with Gasteiger partial charge < -0.3 is 14.6 Å². The molecule has 2 aliphatic heterocycles. The maximum absolute atomic E-state index is 13.9. The number of hydrogen-bond acceptors (Lipinski definition) is 5. The van der Waals surface area contributed by atoms with Gasteiger partial charge in [0.15, 0.2) is 17.2 Å². The Morgan fingerprint density at radius 1 is 1.05 bits per heavy atom. The Labute approximate surface area is 239 Å². The minimum absolute atomic E-state index is 0.0489. The standard InChI is InChI=1S/C25H18F3NO6S.I2/c1-2-14-11-15(12-19-23(14)35-13-34-19)21-16-7-3-6-10-20(16)36(32,33)29(22(21)24(30)31)18-9-5-4-8-17(18)25(26,27)28;1-2/h3-12H,2,13H2,1H3,(H,30,31);. The molecule has 0 radical (unpaired) electrons. The highest BCUT2D eigenvalue weighted by molar-refractivity contribution is 15.0. The van der Waals surface area contributed by atoms with E-state index < -0.39 is 39.1 Å². The number of aliphatic carboxylic acids is 1. The van der Waals surface area contributed by atoms with Crippen LogP contribution in [0, 0.1) is 0 Å². The third kappa shape index (κ3) is 4.83. The molecule has 2 aliphatic rings. The van der Waals surface area contributed by atoms with Crippen molar-refractivity contribution in [2.24, 2.45) is 0 Å². The van der Waals surface area contributed by atoms with E-state index >= 15 is 0 Å². The fraction of sp³-hybridized carbons (Fsp3) is 0.160. The molecule has 0 amide bonds. The van der Waals surface area contributed by atoms with E-state index in [-0.39, 0.29) is 32.7 Å². The van der Waals surface area contributed by atoms with Crippen LogP contribution >= 0.6 is 37.2 Å². The van der Waals surface area contributed by atoms with Crippen LogP contribution in [-0.2, 0) is 27.4 Å². The molecular weight excluding hydrogens is 753 g/mol. The van der Waals surface area contributed by atoms with Gasteiger partial charge in [0.1, 0.15) is 0 Å². The molecule has 2 heterocycles. The molecule has 13 heteroatoms. The quantitative estimate of drug-likeness (QED) is 0.293. The number of hydrogen-bond donors (Lipinski definition) is 1. The van der Waals surface area contributed by atoms with E-state index in [0.29, 0.717) is 29.5 Å². The molecule has 0 fully saturated rings. The predicted octanol–water partition coefficient (Wildman–Crippen LogP) is 6.82. The van der Waals surface area contributed by atoms with Crippen LogP contribution in [0.15, 0.2) is 71.3 Å². The van der Waals surface area contributed by atoms with E-state index in [1.165, 1.54) is 36.4 Å². The minimum atomic E-state index is -4.94. The molecule has 5 rings (SSSR count). The first kappa shape index (κ1) is 28.5. The predicted molar refractivity (Wildman–Crippen MR) is 151 cm³/mol. The third-order valence-electron chi connectivity index (χ3n) is 5.96. The first-order valence-electron chi connectivity index (χ1n) is 10.9. The van der Waals surface area contributed by atoms with Crippen LogP contribution in [0.2, 0.25) is 0 Å². The molecule has 0 aliphatic carbocycles. The lowest BCUT2D eigenvalue weighted by atomic mass is 9.92. The molecule has 200 valence electrons. The molecule has 0 saturated heterocycles. The van der Waals surface area contributed by atoms with Gasteiger partial charge in [-0.3, -0.25) is 0 Å². The fourth-order valence-corrected chi connectivity index (χ4v) is 6.19. The zero-order chi connectivity index (χ0) is 27.8. The number of carbonyl (C=O) groups is 1. The van der Waals surface area contributed by atoms with Crippen LogP contribution in [0.1, 0.15) is 29.2 Å². The molecule has 0 atom stereocenters. The van der Waals surface area contributed by atoms with Crippen molar-refractivity contribution < 1.29 is 41.0 Å². The van der Waals surface area contributed by atoms with Crippen LogP contribution in [0.5, 0.6) is 11.5 Å². The second-order valence-electron chi connectivity index (χ2n) is 8.03. The average Bonchev–Trinajstić information content (AvgIpc) is 3.37. The van der Waals surface area contributed by atoms with Gasteiger partial charge in [0.25, 0.3) is 10.0 Å². The van der Waals surface area contributed by atoms with Gasteiger partial charge in [-0.2, -0.15) is 13.2 Å². The normalized spacial score (nSPS) is 15.5. The first-order chi connectivity index (χ1) is 18.1. The molecular formula is C25H18F3I2NO6S. The topological polar surface area (TPSA) is 93.1 Å². The molecule has 3 aromatic rings. The summed E-state index contributed by atoms with van der Waals surface area (Å²) in [6, 6.07) is 12.7. The van der Waals surface area contributed by atoms with Gasteiger partial charge in [0.05, 0.1) is 16.1 Å². The number of rotatable bonds is 4. The van der Waals surface area contributed by atoms with Gasteiger partial charge in [-0.05, 0) is 47.9 Å². The van der Waals surface area contributed by atoms with Crippen LogP contribution < -0.4 is 13.8 Å². The van der Waals surface area contributed by atoms with Gasteiger partial charge in [0.2, 0.25) is 6.79 Å². The van der Waals surface area contributed by atoms with Crippen molar-refractivity contribution in [3.8, 4) is 11.5 Å². The van der Waals surface area contributed by atoms with Crippen LogP contribution in [-0.4, -0.2) is 26.3 Å². The molecule has 3 aromatic carbocycles. The summed E-state index contributed by atoms with van der Waals surface area (Å²) in [5.41, 5.74) is -1.99. The highest BCUT2D eigenvalue weighted by Gasteiger charge is 2.45. The summed E-state index contributed by atoms with van der Waals surface area (Å²) >= 11 is 4.24. The van der Waals surface area contributed by atoms with Crippen molar-refractivity contribution in [1.29, 1.82) is 0 Å². The number of benzene rings is 3. The number of halogens is 5. The highest BCUT2D eigenvalue weighted by atomic mass is 128. The smallest absolute Gasteiger partial charge is 0.418 e. The summed E-state index contributed by atoms with van der Waals surface area (Å²) in [5.74, 6) is -0.903. The molecule has 0 spiro atoms. The Balaban J connectivity index is 0.00000164. The minimum Gasteiger partial charge on any atom is -0.477 e. The van der Waals surface area contributed by atoms with E-state index in [4.69, 9.17) is 9.47 Å². The fourth-order valence-electron chi connectivity index (χ4n) is 4.46. The Hall–Kier alpha value is -2.53. The number of aryl methyl sites for hydroxylation is 1. The van der Waals surface area contributed by atoms with E-state index in [1.54, 1.807) is 6.07 Å². The van der Waals surface area contributed by atoms with Crippen LogP contribution in [0.25, 0.3) is 5.57 Å². The number of para-hydroxylation sites is 1. The summed E-state index contributed by atoms with van der Waals surface area (Å²) in [6.45, 7) is 1.80. The summed E-state index contributed by atoms with van der Waals surface area (Å²) in [4.78, 5) is 12.3. The third-order valence-corrected chi connectivity index (χ3v) is 7.74. The van der Waals surface area contributed by atoms with Gasteiger partial charge >= 0.3 is 12.1 Å². The largest absolute Gasteiger partial charge is 0.477 e. The number of ether oxygens (including phenoxy) is 2. The average molecular weight is 771 g/mol. The number of alkyl halides is 3. The molecule has 0 bridgehead atoms. The van der Waals surface area contributed by atoms with Gasteiger partial charge in [-0.25, -0.2) is 17.5 Å². The van der Waals surface area contributed by atoms with Gasteiger partial charge in [0, 0.05) is 48.4 Å². The van der Waals surface area contributed by atoms with Crippen molar-refractivity contribution in [1.82, 2.24) is 0 Å². The number of anilines is 1. The molecule has 38 heavy (non-hydrogen) atoms. The van der Waals surface area contributed by atoms with Crippen LogP contribution in [0.3, 0.4) is 0 Å². The number of nitrogens with zero attached hydrogens (tertiary/aromatic N) is 1. The van der Waals surface area contributed by atoms with E-state index in [1.807, 2.05) is 6.92 Å². The summed E-state index contributed by atoms with van der Waals surface area (Å²) in [5, 5.41) is 10.3. The van der Waals surface area contributed by atoms with Crippen molar-refractivity contribution >= 4 is 64.5 Å². The second-order valence-corrected chi connectivity index (χ2v) is 9.79. The first-order valence-corrected chi connectivity index (χ1v) is 18.6. The molecule has 0 saturated carbocycles. The second kappa shape index (κ2) is 10.9. The van der Waals surface area contributed by atoms with Gasteiger partial charge in [-0.1, -0.05) is 37.3 Å². The summed E-state index contributed by atoms with van der Waals surface area (Å²) < 4.78 is 80.5. The lowest BCUT2D eigenvalue weighted by Crippen LogP contribution is -2.39. The summed E-state index contributed by atoms with van der Waals surface area (Å²) in [7, 11) is -4.74.